The Labute approximate surface area is 184 Å². The number of non-ortho nitro benzene ring substituents is 1. The Morgan fingerprint density at radius 1 is 0.906 bits per heavy atom. The van der Waals surface area contributed by atoms with Crippen LogP contribution >= 0.6 is 0 Å². The molecule has 0 aliphatic rings. The van der Waals surface area contributed by atoms with E-state index >= 15 is 0 Å². The number of hydrazone groups is 1. The number of benzene rings is 3. The Hall–Kier alpha value is -3.77. The van der Waals surface area contributed by atoms with Gasteiger partial charge in [0, 0.05) is 17.7 Å². The maximum Gasteiger partial charge on any atom is 0.339 e. The highest BCUT2D eigenvalue weighted by atomic mass is 32.2. The number of hydrogen-bond donors (Lipinski definition) is 1. The van der Waals surface area contributed by atoms with Crippen LogP contribution in [0.25, 0.3) is 0 Å². The van der Waals surface area contributed by atoms with E-state index in [1.54, 1.807) is 18.2 Å². The molecule has 12 heteroatoms. The van der Waals surface area contributed by atoms with E-state index < -0.39 is 25.1 Å². The number of para-hydroxylation sites is 1. The van der Waals surface area contributed by atoms with Gasteiger partial charge in [-0.15, -0.1) is 0 Å². The summed E-state index contributed by atoms with van der Waals surface area (Å²) in [6, 6.07) is 16.3. The summed E-state index contributed by atoms with van der Waals surface area (Å²) in [6.07, 6.45) is 1.10. The SMILES string of the molecule is Cc1ccc(S(=O)(=O)N/N=C\c2ccccc2OS(=O)(=O)c2ccc([N+](=O)[O-])cc2)cc1. The highest BCUT2D eigenvalue weighted by molar-refractivity contribution is 7.89. The van der Waals surface area contributed by atoms with Crippen molar-refractivity contribution in [1.29, 1.82) is 0 Å². The van der Waals surface area contributed by atoms with E-state index in [9.17, 15) is 26.9 Å². The fraction of sp³-hybridized carbons (Fsp3) is 0.0500. The highest BCUT2D eigenvalue weighted by Gasteiger charge is 2.19. The number of nitro benzene ring substituents is 1. The average molecular weight is 476 g/mol. The molecule has 0 amide bonds. The number of nitrogens with zero attached hydrogens (tertiary/aromatic N) is 2. The first kappa shape index (κ1) is 22.9. The van der Waals surface area contributed by atoms with E-state index in [0.717, 1.165) is 36.0 Å². The minimum atomic E-state index is -4.30. The largest absolute Gasteiger partial charge is 0.378 e. The van der Waals surface area contributed by atoms with Crippen molar-refractivity contribution in [3.05, 3.63) is 94.0 Å². The van der Waals surface area contributed by atoms with Gasteiger partial charge in [-0.05, 0) is 43.3 Å². The molecule has 0 bridgehead atoms. The average Bonchev–Trinajstić information content (AvgIpc) is 2.75. The van der Waals surface area contributed by atoms with Crippen molar-refractivity contribution in [3.63, 3.8) is 0 Å². The molecule has 0 saturated heterocycles. The zero-order valence-corrected chi connectivity index (χ0v) is 18.2. The molecule has 0 saturated carbocycles. The molecule has 0 aliphatic carbocycles. The molecule has 166 valence electrons. The Morgan fingerprint density at radius 3 is 2.12 bits per heavy atom. The van der Waals surface area contributed by atoms with Gasteiger partial charge in [0.2, 0.25) is 0 Å². The number of sulfonamides is 1. The lowest BCUT2D eigenvalue weighted by Gasteiger charge is -2.09. The molecular weight excluding hydrogens is 458 g/mol. The van der Waals surface area contributed by atoms with Gasteiger partial charge >= 0.3 is 10.1 Å². The summed E-state index contributed by atoms with van der Waals surface area (Å²) in [5.74, 6) is -0.107. The first-order valence-electron chi connectivity index (χ1n) is 8.98. The van der Waals surface area contributed by atoms with Crippen LogP contribution in [0.2, 0.25) is 0 Å². The Bertz CT molecular complexity index is 1370. The lowest BCUT2D eigenvalue weighted by Crippen LogP contribution is -2.18. The second-order valence-electron chi connectivity index (χ2n) is 6.49. The quantitative estimate of drug-likeness (QED) is 0.228. The van der Waals surface area contributed by atoms with Crippen LogP contribution in [0.4, 0.5) is 5.69 Å². The van der Waals surface area contributed by atoms with Crippen molar-refractivity contribution in [2.45, 2.75) is 16.7 Å². The Morgan fingerprint density at radius 2 is 1.50 bits per heavy atom. The predicted molar refractivity (Wildman–Crippen MR) is 116 cm³/mol. The summed E-state index contributed by atoms with van der Waals surface area (Å²) < 4.78 is 54.8. The Balaban J connectivity index is 1.79. The van der Waals surface area contributed by atoms with Crippen molar-refractivity contribution >= 4 is 32.0 Å². The second-order valence-corrected chi connectivity index (χ2v) is 9.70. The number of aryl methyl sites for hydroxylation is 1. The normalized spacial score (nSPS) is 11.9. The standard InChI is InChI=1S/C20H17N3O7S2/c1-15-6-10-18(11-7-15)31(26,27)22-21-14-16-4-2-3-5-20(16)30-32(28,29)19-12-8-17(9-13-19)23(24)25/h2-14,22H,1H3/b21-14-. The molecular formula is C20H17N3O7S2. The fourth-order valence-electron chi connectivity index (χ4n) is 2.50. The molecule has 1 N–H and O–H groups in total. The van der Waals surface area contributed by atoms with Gasteiger partial charge in [0.15, 0.2) is 5.75 Å². The fourth-order valence-corrected chi connectivity index (χ4v) is 4.24. The van der Waals surface area contributed by atoms with Crippen molar-refractivity contribution in [1.82, 2.24) is 4.83 Å². The van der Waals surface area contributed by atoms with Gasteiger partial charge in [-0.1, -0.05) is 29.8 Å². The van der Waals surface area contributed by atoms with Gasteiger partial charge < -0.3 is 4.18 Å². The number of nitrogens with one attached hydrogen (secondary N) is 1. The minimum Gasteiger partial charge on any atom is -0.378 e. The number of rotatable bonds is 8. The molecule has 0 unspecified atom stereocenters. The van der Waals surface area contributed by atoms with Crippen molar-refractivity contribution < 1.29 is 25.9 Å². The summed E-state index contributed by atoms with van der Waals surface area (Å²) in [4.78, 5) is 11.9. The van der Waals surface area contributed by atoms with Crippen LogP contribution in [0, 0.1) is 17.0 Å². The van der Waals surface area contributed by atoms with Gasteiger partial charge in [-0.3, -0.25) is 10.1 Å². The molecule has 3 rings (SSSR count). The van der Waals surface area contributed by atoms with E-state index in [1.807, 2.05) is 6.92 Å². The summed E-state index contributed by atoms with van der Waals surface area (Å²) in [6.45, 7) is 1.82. The molecule has 0 aromatic heterocycles. The van der Waals surface area contributed by atoms with Crippen molar-refractivity contribution in [2.24, 2.45) is 5.10 Å². The molecule has 0 atom stereocenters. The van der Waals surface area contributed by atoms with Crippen LogP contribution in [-0.2, 0) is 20.1 Å². The highest BCUT2D eigenvalue weighted by Crippen LogP contribution is 2.23. The van der Waals surface area contributed by atoms with Crippen LogP contribution in [0.15, 0.2) is 87.7 Å². The summed E-state index contributed by atoms with van der Waals surface area (Å²) >= 11 is 0. The number of hydrogen-bond acceptors (Lipinski definition) is 8. The van der Waals surface area contributed by atoms with Gasteiger partial charge in [-0.25, -0.2) is 4.83 Å². The molecule has 3 aromatic rings. The van der Waals surface area contributed by atoms with E-state index in [2.05, 4.69) is 9.93 Å². The van der Waals surface area contributed by atoms with Gasteiger partial charge in [-0.2, -0.15) is 21.9 Å². The smallest absolute Gasteiger partial charge is 0.339 e. The summed E-state index contributed by atoms with van der Waals surface area (Å²) in [7, 11) is -8.21. The van der Waals surface area contributed by atoms with E-state index in [1.165, 1.54) is 30.3 Å². The minimum absolute atomic E-state index is 0.0190. The van der Waals surface area contributed by atoms with Crippen molar-refractivity contribution in [3.8, 4) is 5.75 Å². The topological polar surface area (TPSA) is 145 Å². The second kappa shape index (κ2) is 9.16. The maximum atomic E-state index is 12.5. The molecule has 32 heavy (non-hydrogen) atoms. The molecule has 0 radical (unpaired) electrons. The third-order valence-electron chi connectivity index (χ3n) is 4.16. The van der Waals surface area contributed by atoms with Crippen LogP contribution < -0.4 is 9.01 Å². The van der Waals surface area contributed by atoms with E-state index in [4.69, 9.17) is 4.18 Å². The molecule has 10 nitrogen and oxygen atoms in total. The lowest BCUT2D eigenvalue weighted by molar-refractivity contribution is -0.384. The molecule has 0 aliphatic heterocycles. The maximum absolute atomic E-state index is 12.5. The third kappa shape index (κ3) is 5.47. The monoisotopic (exact) mass is 475 g/mol. The Kier molecular flexibility index (Phi) is 6.55. The molecule has 0 spiro atoms. The lowest BCUT2D eigenvalue weighted by atomic mass is 10.2. The summed E-state index contributed by atoms with van der Waals surface area (Å²) in [5.41, 5.74) is 0.815. The molecule has 3 aromatic carbocycles. The zero-order chi connectivity index (χ0) is 23.4. The van der Waals surface area contributed by atoms with Gasteiger partial charge in [0.1, 0.15) is 4.90 Å². The number of nitro groups is 1. The van der Waals surface area contributed by atoms with E-state index in [0.29, 0.717) is 0 Å². The van der Waals surface area contributed by atoms with Crippen LogP contribution in [0.5, 0.6) is 5.75 Å². The predicted octanol–water partition coefficient (Wildman–Crippen LogP) is 2.98. The molecule has 0 heterocycles. The van der Waals surface area contributed by atoms with E-state index in [-0.39, 0.29) is 26.8 Å². The van der Waals surface area contributed by atoms with Crippen LogP contribution in [0.1, 0.15) is 11.1 Å². The van der Waals surface area contributed by atoms with Gasteiger partial charge in [0.05, 0.1) is 16.0 Å². The zero-order valence-electron chi connectivity index (χ0n) is 16.6. The van der Waals surface area contributed by atoms with Gasteiger partial charge in [0.25, 0.3) is 15.7 Å². The first-order chi connectivity index (χ1) is 15.1. The third-order valence-corrected chi connectivity index (χ3v) is 6.65. The van der Waals surface area contributed by atoms with Crippen molar-refractivity contribution in [2.75, 3.05) is 0 Å². The van der Waals surface area contributed by atoms with Crippen LogP contribution in [0.3, 0.4) is 0 Å². The van der Waals surface area contributed by atoms with Crippen LogP contribution in [-0.4, -0.2) is 28.0 Å². The molecule has 0 fully saturated rings. The summed E-state index contributed by atoms with van der Waals surface area (Å²) in [5, 5.41) is 14.4. The first-order valence-corrected chi connectivity index (χ1v) is 11.9.